The summed E-state index contributed by atoms with van der Waals surface area (Å²) in [7, 11) is 0. The Labute approximate surface area is 152 Å². The smallest absolute Gasteiger partial charge is 0.280 e. The van der Waals surface area contributed by atoms with E-state index in [1.807, 2.05) is 38.2 Å². The molecular formula is C22H23FN2O. The van der Waals surface area contributed by atoms with Gasteiger partial charge < -0.3 is 10.3 Å². The Kier molecular flexibility index (Phi) is 4.94. The molecule has 0 aliphatic heterocycles. The van der Waals surface area contributed by atoms with Crippen molar-refractivity contribution in [3.63, 3.8) is 0 Å². The molecular weight excluding hydrogens is 327 g/mol. The van der Waals surface area contributed by atoms with E-state index in [1.54, 1.807) is 13.8 Å². The van der Waals surface area contributed by atoms with Gasteiger partial charge in [0.15, 0.2) is 5.83 Å². The van der Waals surface area contributed by atoms with E-state index in [0.717, 1.165) is 33.2 Å². The molecule has 1 amide bonds. The van der Waals surface area contributed by atoms with E-state index in [1.165, 1.54) is 6.08 Å². The van der Waals surface area contributed by atoms with Gasteiger partial charge in [0.2, 0.25) is 0 Å². The molecule has 4 heteroatoms. The zero-order chi connectivity index (χ0) is 18.8. The summed E-state index contributed by atoms with van der Waals surface area (Å²) in [4.78, 5) is 15.0. The number of aromatic nitrogens is 1. The Morgan fingerprint density at radius 2 is 1.88 bits per heavy atom. The van der Waals surface area contributed by atoms with Crippen LogP contribution in [0.2, 0.25) is 0 Å². The summed E-state index contributed by atoms with van der Waals surface area (Å²) < 4.78 is 14.2. The van der Waals surface area contributed by atoms with Gasteiger partial charge in [-0.15, -0.1) is 0 Å². The molecule has 1 heterocycles. The second kappa shape index (κ2) is 7.16. The lowest BCUT2D eigenvalue weighted by molar-refractivity contribution is -0.119. The molecule has 0 aliphatic carbocycles. The molecule has 0 spiro atoms. The van der Waals surface area contributed by atoms with Crippen LogP contribution >= 0.6 is 0 Å². The molecule has 0 atom stereocenters. The molecule has 3 aromatic rings. The van der Waals surface area contributed by atoms with E-state index < -0.39 is 11.7 Å². The number of H-pyrrole nitrogens is 1. The van der Waals surface area contributed by atoms with Crippen molar-refractivity contribution in [2.75, 3.05) is 0 Å². The molecule has 134 valence electrons. The molecule has 3 nitrogen and oxygen atoms in total. The van der Waals surface area contributed by atoms with E-state index in [0.29, 0.717) is 5.56 Å². The van der Waals surface area contributed by atoms with Crippen molar-refractivity contribution in [3.8, 4) is 11.1 Å². The first-order valence-corrected chi connectivity index (χ1v) is 8.72. The second-order valence-electron chi connectivity index (χ2n) is 6.92. The maximum Gasteiger partial charge on any atom is 0.280 e. The topological polar surface area (TPSA) is 44.9 Å². The van der Waals surface area contributed by atoms with E-state index in [-0.39, 0.29) is 6.04 Å². The molecule has 0 fully saturated rings. The van der Waals surface area contributed by atoms with Crippen LogP contribution in [0.1, 0.15) is 30.5 Å². The van der Waals surface area contributed by atoms with Crippen LogP contribution in [0.25, 0.3) is 28.1 Å². The fourth-order valence-corrected chi connectivity index (χ4v) is 3.06. The molecule has 0 radical (unpaired) electrons. The van der Waals surface area contributed by atoms with Gasteiger partial charge in [-0.25, -0.2) is 4.39 Å². The Hall–Kier alpha value is -2.88. The van der Waals surface area contributed by atoms with Gasteiger partial charge in [-0.2, -0.15) is 0 Å². The maximum atomic E-state index is 14.2. The molecule has 26 heavy (non-hydrogen) atoms. The van der Waals surface area contributed by atoms with E-state index >= 15 is 0 Å². The van der Waals surface area contributed by atoms with Crippen LogP contribution in [0.15, 0.2) is 48.4 Å². The number of hydrogen-bond donors (Lipinski definition) is 2. The molecule has 3 rings (SSSR count). The van der Waals surface area contributed by atoms with Gasteiger partial charge in [0.25, 0.3) is 5.91 Å². The third kappa shape index (κ3) is 3.69. The number of aromatic amines is 1. The summed E-state index contributed by atoms with van der Waals surface area (Å²) >= 11 is 0. The largest absolute Gasteiger partial charge is 0.361 e. The first-order chi connectivity index (χ1) is 12.3. The van der Waals surface area contributed by atoms with Crippen molar-refractivity contribution in [2.45, 2.75) is 33.7 Å². The van der Waals surface area contributed by atoms with Gasteiger partial charge in [-0.05, 0) is 85.2 Å². The fourth-order valence-electron chi connectivity index (χ4n) is 3.06. The highest BCUT2D eigenvalue weighted by molar-refractivity contribution is 5.96. The van der Waals surface area contributed by atoms with Crippen LogP contribution in [-0.2, 0) is 4.79 Å². The lowest BCUT2D eigenvalue weighted by Gasteiger charge is -2.12. The Balaban J connectivity index is 1.96. The van der Waals surface area contributed by atoms with Crippen molar-refractivity contribution in [1.82, 2.24) is 10.3 Å². The standard InChI is InChI=1S/C22H23FN2O/c1-13(2)25-22(26)20(23)12-18-9-15(4)19(10-14(18)3)16-5-6-21-17(11-16)7-8-24-21/h5-13,24H,1-4H3,(H,25,26). The average Bonchev–Trinajstić information content (AvgIpc) is 3.04. The highest BCUT2D eigenvalue weighted by Gasteiger charge is 2.12. The van der Waals surface area contributed by atoms with Gasteiger partial charge in [0.1, 0.15) is 0 Å². The van der Waals surface area contributed by atoms with Gasteiger partial charge in [0.05, 0.1) is 0 Å². The van der Waals surface area contributed by atoms with E-state index in [2.05, 4.69) is 28.5 Å². The summed E-state index contributed by atoms with van der Waals surface area (Å²) in [6.45, 7) is 7.53. The molecule has 1 aromatic heterocycles. The number of carbonyl (C=O) groups excluding carboxylic acids is 1. The van der Waals surface area contributed by atoms with Gasteiger partial charge in [-0.1, -0.05) is 18.2 Å². The number of halogens is 1. The van der Waals surface area contributed by atoms with E-state index in [4.69, 9.17) is 0 Å². The Morgan fingerprint density at radius 1 is 1.12 bits per heavy atom. The number of fused-ring (bicyclic) bond motifs is 1. The molecule has 0 saturated heterocycles. The monoisotopic (exact) mass is 350 g/mol. The van der Waals surface area contributed by atoms with Gasteiger partial charge in [0, 0.05) is 17.8 Å². The zero-order valence-electron chi connectivity index (χ0n) is 15.5. The lowest BCUT2D eigenvalue weighted by atomic mass is 9.94. The summed E-state index contributed by atoms with van der Waals surface area (Å²) in [5.74, 6) is -1.46. The quantitative estimate of drug-likeness (QED) is 0.617. The highest BCUT2D eigenvalue weighted by Crippen LogP contribution is 2.30. The van der Waals surface area contributed by atoms with Crippen LogP contribution in [0, 0.1) is 13.8 Å². The lowest BCUT2D eigenvalue weighted by Crippen LogP contribution is -2.30. The minimum absolute atomic E-state index is 0.102. The predicted octanol–water partition coefficient (Wildman–Crippen LogP) is 5.29. The predicted molar refractivity (Wildman–Crippen MR) is 106 cm³/mol. The minimum atomic E-state index is -0.775. The number of hydrogen-bond acceptors (Lipinski definition) is 1. The molecule has 2 N–H and O–H groups in total. The Bertz CT molecular complexity index is 999. The molecule has 0 unspecified atom stereocenters. The van der Waals surface area contributed by atoms with Crippen LogP contribution < -0.4 is 5.32 Å². The van der Waals surface area contributed by atoms with Crippen LogP contribution in [-0.4, -0.2) is 16.9 Å². The number of benzene rings is 2. The van der Waals surface area contributed by atoms with Gasteiger partial charge >= 0.3 is 0 Å². The summed E-state index contributed by atoms with van der Waals surface area (Å²) in [5, 5.41) is 3.72. The average molecular weight is 350 g/mol. The number of amides is 1. The third-order valence-electron chi connectivity index (χ3n) is 4.40. The first kappa shape index (κ1) is 17.9. The molecule has 0 saturated carbocycles. The van der Waals surface area contributed by atoms with Crippen molar-refractivity contribution in [2.24, 2.45) is 0 Å². The SMILES string of the molecule is Cc1cc(-c2ccc3[nH]ccc3c2)c(C)cc1C=C(F)C(=O)NC(C)C. The van der Waals surface area contributed by atoms with Crippen molar-refractivity contribution < 1.29 is 9.18 Å². The molecule has 0 bridgehead atoms. The van der Waals surface area contributed by atoms with Crippen LogP contribution in [0.5, 0.6) is 0 Å². The summed E-state index contributed by atoms with van der Waals surface area (Å²) in [6, 6.07) is 12.2. The van der Waals surface area contributed by atoms with E-state index in [9.17, 15) is 9.18 Å². The van der Waals surface area contributed by atoms with Crippen molar-refractivity contribution >= 4 is 22.9 Å². The van der Waals surface area contributed by atoms with Crippen molar-refractivity contribution in [1.29, 1.82) is 0 Å². The fraction of sp³-hybridized carbons (Fsp3) is 0.227. The highest BCUT2D eigenvalue weighted by atomic mass is 19.1. The minimum Gasteiger partial charge on any atom is -0.361 e. The summed E-state index contributed by atoms with van der Waals surface area (Å²) in [6.07, 6.45) is 3.23. The molecule has 2 aromatic carbocycles. The zero-order valence-corrected chi connectivity index (χ0v) is 15.5. The second-order valence-corrected chi connectivity index (χ2v) is 6.92. The Morgan fingerprint density at radius 3 is 2.62 bits per heavy atom. The number of carbonyl (C=O) groups is 1. The summed E-state index contributed by atoms with van der Waals surface area (Å²) in [5.41, 5.74) is 5.99. The number of aryl methyl sites for hydroxylation is 2. The normalized spacial score (nSPS) is 12.0. The van der Waals surface area contributed by atoms with Crippen molar-refractivity contribution in [3.05, 3.63) is 65.1 Å². The first-order valence-electron chi connectivity index (χ1n) is 8.72. The van der Waals surface area contributed by atoms with Gasteiger partial charge in [-0.3, -0.25) is 4.79 Å². The number of nitrogens with one attached hydrogen (secondary N) is 2. The molecule has 0 aliphatic rings. The van der Waals surface area contributed by atoms with Crippen LogP contribution in [0.4, 0.5) is 4.39 Å². The van der Waals surface area contributed by atoms with Crippen LogP contribution in [0.3, 0.4) is 0 Å². The third-order valence-corrected chi connectivity index (χ3v) is 4.40. The maximum absolute atomic E-state index is 14.2. The number of rotatable bonds is 4.